The third-order valence-electron chi connectivity index (χ3n) is 12.3. The van der Waals surface area contributed by atoms with Crippen molar-refractivity contribution in [3.8, 4) is 0 Å². The second-order valence-corrected chi connectivity index (χ2v) is 32.4. The van der Waals surface area contributed by atoms with Gasteiger partial charge in [0.1, 0.15) is 0 Å². The predicted molar refractivity (Wildman–Crippen MR) is 249 cm³/mol. The summed E-state index contributed by atoms with van der Waals surface area (Å²) in [5.41, 5.74) is 18.0. The number of allylic oxidation sites excluding steroid dienone is 4. The normalized spacial score (nSPS) is 19.6. The van der Waals surface area contributed by atoms with Crippen LogP contribution in [0.15, 0.2) is 144 Å². The van der Waals surface area contributed by atoms with E-state index in [9.17, 15) is 0 Å². The summed E-state index contributed by atoms with van der Waals surface area (Å²) < 4.78 is 1.03. The zero-order valence-corrected chi connectivity index (χ0v) is 41.8. The van der Waals surface area contributed by atoms with Crippen LogP contribution in [0.25, 0.3) is 45.8 Å². The van der Waals surface area contributed by atoms with Gasteiger partial charge in [-0.25, -0.2) is 0 Å². The van der Waals surface area contributed by atoms with Gasteiger partial charge in [0.05, 0.1) is 0 Å². The van der Waals surface area contributed by atoms with E-state index in [-0.39, 0.29) is 24.8 Å². The zero-order chi connectivity index (χ0) is 40.3. The average molecular weight is 1000 g/mol. The van der Waals surface area contributed by atoms with E-state index in [2.05, 4.69) is 159 Å². The Kier molecular flexibility index (Phi) is 13.9. The van der Waals surface area contributed by atoms with Gasteiger partial charge in [0.2, 0.25) is 0 Å². The second-order valence-electron chi connectivity index (χ2n) is 16.5. The van der Waals surface area contributed by atoms with Crippen molar-refractivity contribution in [2.24, 2.45) is 0 Å². The van der Waals surface area contributed by atoms with Crippen LogP contribution in [0.4, 0.5) is 0 Å². The Hall–Kier alpha value is -2.51. The van der Waals surface area contributed by atoms with Gasteiger partial charge in [-0.1, -0.05) is 6.42 Å². The monoisotopic (exact) mass is 998 g/mol. The van der Waals surface area contributed by atoms with Gasteiger partial charge in [-0.15, -0.1) is 33.2 Å². The summed E-state index contributed by atoms with van der Waals surface area (Å²) in [6.07, 6.45) is 10.7. The van der Waals surface area contributed by atoms with Crippen LogP contribution in [-0.2, 0) is 23.2 Å². The summed E-state index contributed by atoms with van der Waals surface area (Å²) >= 11 is 15.6. The SMILES string of the molecule is CC1=Cc2c(ccc3ccccc23)C1C1=Cc2ccccc2[CH]1[Zr+2][CH]1C(C2C(C)=Cc3c2ccc2ccccc32)=Cc2ccccc21.C[Si](O)(O)CCC[Si](Cl)(Cl)Cl.[Cl-].[Cl-]. The van der Waals surface area contributed by atoms with Gasteiger partial charge in [-0.2, -0.15) is 0 Å². The van der Waals surface area contributed by atoms with Crippen LogP contribution in [0.5, 0.6) is 0 Å². The first kappa shape index (κ1) is 45.5. The van der Waals surface area contributed by atoms with Crippen molar-refractivity contribution in [1.82, 2.24) is 0 Å². The Morgan fingerprint density at radius 3 is 1.37 bits per heavy atom. The molecule has 4 aliphatic rings. The molecule has 0 saturated heterocycles. The van der Waals surface area contributed by atoms with E-state index in [0.29, 0.717) is 37.6 Å². The van der Waals surface area contributed by atoms with Crippen LogP contribution in [0, 0.1) is 0 Å². The minimum atomic E-state index is -2.91. The van der Waals surface area contributed by atoms with E-state index in [1.807, 2.05) is 0 Å². The Morgan fingerprint density at radius 1 is 0.517 bits per heavy atom. The molecular formula is C50H45Cl5O2Si2Zr. The molecule has 0 spiro atoms. The summed E-state index contributed by atoms with van der Waals surface area (Å²) in [6.45, 7) is 6.19. The Bertz CT molecular complexity index is 2550. The van der Waals surface area contributed by atoms with E-state index < -0.39 is 37.8 Å². The van der Waals surface area contributed by atoms with Crippen molar-refractivity contribution in [2.75, 3.05) is 0 Å². The van der Waals surface area contributed by atoms with Crippen molar-refractivity contribution in [3.63, 3.8) is 0 Å². The summed E-state index contributed by atoms with van der Waals surface area (Å²) in [6, 6.07) is 44.2. The minimum Gasteiger partial charge on any atom is -1.00 e. The van der Waals surface area contributed by atoms with E-state index in [4.69, 9.17) is 42.8 Å². The van der Waals surface area contributed by atoms with Crippen LogP contribution in [0.1, 0.15) is 83.9 Å². The molecule has 0 saturated carbocycles. The van der Waals surface area contributed by atoms with Crippen molar-refractivity contribution in [1.29, 1.82) is 0 Å². The quantitative estimate of drug-likeness (QED) is 0.120. The molecule has 0 aromatic heterocycles. The Labute approximate surface area is 393 Å². The molecule has 2 nitrogen and oxygen atoms in total. The van der Waals surface area contributed by atoms with E-state index >= 15 is 0 Å². The maximum Gasteiger partial charge on any atom is 0.341 e. The first-order valence-corrected chi connectivity index (χ1v) is 30.8. The summed E-state index contributed by atoms with van der Waals surface area (Å²) in [4.78, 5) is 18.0. The first-order valence-electron chi connectivity index (χ1n) is 20.1. The number of fused-ring (bicyclic) bond motifs is 8. The molecule has 10 rings (SSSR count). The molecule has 304 valence electrons. The van der Waals surface area contributed by atoms with Crippen LogP contribution in [-0.4, -0.2) is 24.2 Å². The molecule has 10 heteroatoms. The molecule has 0 amide bonds. The smallest absolute Gasteiger partial charge is 0.341 e. The Morgan fingerprint density at radius 2 is 0.933 bits per heavy atom. The average Bonchev–Trinajstić information content (AvgIpc) is 3.93. The number of benzene rings is 6. The summed E-state index contributed by atoms with van der Waals surface area (Å²) in [5, 5.41) is 5.42. The van der Waals surface area contributed by atoms with Gasteiger partial charge in [0.25, 0.3) is 0 Å². The van der Waals surface area contributed by atoms with Crippen LogP contribution >= 0.6 is 33.2 Å². The topological polar surface area (TPSA) is 40.5 Å². The zero-order valence-electron chi connectivity index (χ0n) is 33.6. The molecule has 4 atom stereocenters. The molecule has 0 radical (unpaired) electrons. The fourth-order valence-corrected chi connectivity index (χ4v) is 18.0. The maximum atomic E-state index is 9.00. The van der Waals surface area contributed by atoms with Gasteiger partial charge in [0, 0.05) is 0 Å². The first-order chi connectivity index (χ1) is 27.8. The number of hydrogen-bond donors (Lipinski definition) is 2. The molecule has 60 heavy (non-hydrogen) atoms. The molecule has 0 aliphatic heterocycles. The molecule has 2 N–H and O–H groups in total. The van der Waals surface area contributed by atoms with Crippen molar-refractivity contribution < 1.29 is 57.6 Å². The molecular weight excluding hydrogens is 957 g/mol. The van der Waals surface area contributed by atoms with Crippen molar-refractivity contribution in [3.05, 3.63) is 188 Å². The van der Waals surface area contributed by atoms with Gasteiger partial charge >= 0.3 is 305 Å². The van der Waals surface area contributed by atoms with E-state index in [1.54, 1.807) is 22.3 Å². The number of halogens is 5. The second kappa shape index (κ2) is 18.3. The molecule has 0 fully saturated rings. The fraction of sp³-hybridized carbons (Fsp3) is 0.200. The largest absolute Gasteiger partial charge is 1.00 e. The Balaban J connectivity index is 0.000000372. The maximum absolute atomic E-state index is 9.00. The third kappa shape index (κ3) is 8.97. The summed E-state index contributed by atoms with van der Waals surface area (Å²) in [7, 11) is -2.91. The van der Waals surface area contributed by atoms with Gasteiger partial charge < -0.3 is 34.4 Å². The van der Waals surface area contributed by atoms with Crippen molar-refractivity contribution in [2.45, 2.75) is 58.0 Å². The molecule has 4 aliphatic carbocycles. The molecule has 4 unspecified atom stereocenters. The number of hydrogen-bond acceptors (Lipinski definition) is 2. The molecule has 0 bridgehead atoms. The van der Waals surface area contributed by atoms with Crippen LogP contribution in [0.2, 0.25) is 18.6 Å². The van der Waals surface area contributed by atoms with Gasteiger partial charge in [-0.05, 0) is 18.6 Å². The van der Waals surface area contributed by atoms with E-state index in [1.165, 1.54) is 72.6 Å². The fourth-order valence-electron chi connectivity index (χ4n) is 9.81. The van der Waals surface area contributed by atoms with Gasteiger partial charge in [0.15, 0.2) is 0 Å². The van der Waals surface area contributed by atoms with Crippen LogP contribution < -0.4 is 24.8 Å². The molecule has 0 heterocycles. The summed E-state index contributed by atoms with van der Waals surface area (Å²) in [5.74, 6) is 0.689. The van der Waals surface area contributed by atoms with Gasteiger partial charge in [-0.3, -0.25) is 0 Å². The third-order valence-corrected chi connectivity index (χ3v) is 21.0. The molecule has 6 aromatic rings. The molecule has 6 aromatic carbocycles. The standard InChI is InChI=1S/2C23H17.C4H11Cl3O2Si2.2ClH.Zr/c2*1-15-12-22-20-9-5-4-6-16(20)10-11-21(22)23(15)19-13-17-7-2-3-8-18(17)14-19;1-10(8,9)3-2-4-11(5,6)7;;;/h2*2-14,23H,1H3;8-9H,2-4H2,1H3;2*1H;/q;;;;;+2/p-2. The minimum absolute atomic E-state index is 0. The van der Waals surface area contributed by atoms with Crippen molar-refractivity contribution >= 4 is 93.7 Å². The number of rotatable bonds is 8. The van der Waals surface area contributed by atoms with E-state index in [0.717, 1.165) is 0 Å². The predicted octanol–water partition coefficient (Wildman–Crippen LogP) is 8.15. The van der Waals surface area contributed by atoms with Crippen LogP contribution in [0.3, 0.4) is 0 Å².